The van der Waals surface area contributed by atoms with Gasteiger partial charge in [0.15, 0.2) is 0 Å². The van der Waals surface area contributed by atoms with Crippen LogP contribution in [0, 0.1) is 0 Å². The Labute approximate surface area is 229 Å². The van der Waals surface area contributed by atoms with E-state index in [0.29, 0.717) is 26.1 Å². The van der Waals surface area contributed by atoms with E-state index < -0.39 is 0 Å². The van der Waals surface area contributed by atoms with Crippen LogP contribution in [-0.4, -0.2) is 37.9 Å². The number of hydrogen-bond acceptors (Lipinski definition) is 5. The van der Waals surface area contributed by atoms with Crippen molar-refractivity contribution in [3.8, 4) is 0 Å². The van der Waals surface area contributed by atoms with Crippen LogP contribution in [-0.2, 0) is 23.8 Å². The molecule has 0 radical (unpaired) electrons. The van der Waals surface area contributed by atoms with Crippen molar-refractivity contribution in [3.63, 3.8) is 0 Å². The van der Waals surface area contributed by atoms with Crippen LogP contribution in [0.25, 0.3) is 0 Å². The quantitative estimate of drug-likeness (QED) is 0.0791. The van der Waals surface area contributed by atoms with E-state index in [2.05, 4.69) is 6.92 Å². The van der Waals surface area contributed by atoms with Gasteiger partial charge >= 0.3 is 11.9 Å². The zero-order valence-corrected chi connectivity index (χ0v) is 24.4. The lowest BCUT2D eigenvalue weighted by molar-refractivity contribution is -0.147. The lowest BCUT2D eigenvalue weighted by Gasteiger charge is -2.10. The highest BCUT2D eigenvalue weighted by molar-refractivity contribution is 5.69. The topological polar surface area (TPSA) is 61.8 Å². The Bertz CT molecular complexity index is 515. The van der Waals surface area contributed by atoms with Crippen molar-refractivity contribution in [1.82, 2.24) is 0 Å². The number of carbonyl (C=O) groups excluding carboxylic acids is 2. The van der Waals surface area contributed by atoms with Gasteiger partial charge in [-0.15, -0.1) is 0 Å². The SMILES string of the molecule is CCCCCCCCCCCCCCCCCOC(=O)CCCCCCCCC(=O)OCC1CCCO1. The molecule has 0 aromatic rings. The van der Waals surface area contributed by atoms with Crippen molar-refractivity contribution in [2.24, 2.45) is 0 Å². The summed E-state index contributed by atoms with van der Waals surface area (Å²) in [6.07, 6.45) is 29.5. The summed E-state index contributed by atoms with van der Waals surface area (Å²) in [5, 5.41) is 0. The largest absolute Gasteiger partial charge is 0.466 e. The maximum atomic E-state index is 11.9. The van der Waals surface area contributed by atoms with Gasteiger partial charge in [0, 0.05) is 19.4 Å². The number of ether oxygens (including phenoxy) is 3. The molecule has 0 aliphatic carbocycles. The second-order valence-electron chi connectivity index (χ2n) is 11.1. The van der Waals surface area contributed by atoms with E-state index in [1.807, 2.05) is 0 Å². The van der Waals surface area contributed by atoms with Gasteiger partial charge in [-0.05, 0) is 32.1 Å². The van der Waals surface area contributed by atoms with E-state index in [1.54, 1.807) is 0 Å². The molecule has 1 fully saturated rings. The van der Waals surface area contributed by atoms with E-state index >= 15 is 0 Å². The predicted molar refractivity (Wildman–Crippen MR) is 153 cm³/mol. The average molecular weight is 525 g/mol. The molecule has 37 heavy (non-hydrogen) atoms. The molecule has 0 aromatic carbocycles. The van der Waals surface area contributed by atoms with Crippen molar-refractivity contribution in [2.45, 2.75) is 174 Å². The highest BCUT2D eigenvalue weighted by atomic mass is 16.6. The molecular weight excluding hydrogens is 464 g/mol. The van der Waals surface area contributed by atoms with Crippen molar-refractivity contribution < 1.29 is 23.8 Å². The minimum Gasteiger partial charge on any atom is -0.466 e. The van der Waals surface area contributed by atoms with Crippen molar-refractivity contribution in [1.29, 1.82) is 0 Å². The number of carbonyl (C=O) groups is 2. The Morgan fingerprint density at radius 3 is 1.49 bits per heavy atom. The maximum Gasteiger partial charge on any atom is 0.305 e. The molecule has 1 heterocycles. The third-order valence-corrected chi connectivity index (χ3v) is 7.48. The maximum absolute atomic E-state index is 11.9. The molecule has 1 atom stereocenters. The van der Waals surface area contributed by atoms with Gasteiger partial charge in [0.25, 0.3) is 0 Å². The monoisotopic (exact) mass is 524 g/mol. The summed E-state index contributed by atoms with van der Waals surface area (Å²) in [6, 6.07) is 0. The zero-order chi connectivity index (χ0) is 26.7. The molecule has 5 nitrogen and oxygen atoms in total. The van der Waals surface area contributed by atoms with E-state index in [0.717, 1.165) is 64.4 Å². The molecule has 1 aliphatic rings. The van der Waals surface area contributed by atoms with E-state index in [9.17, 15) is 9.59 Å². The smallest absolute Gasteiger partial charge is 0.305 e. The first-order valence-corrected chi connectivity index (χ1v) is 16.1. The molecule has 0 aromatic heterocycles. The molecule has 1 rings (SSSR count). The lowest BCUT2D eigenvalue weighted by atomic mass is 10.0. The molecule has 1 saturated heterocycles. The molecular formula is C32H60O5. The molecule has 0 bridgehead atoms. The standard InChI is InChI=1S/C32H60O5/c1-2-3-4-5-6-7-8-9-10-11-12-13-16-19-22-27-36-31(33)25-20-17-14-15-18-21-26-32(34)37-29-30-24-23-28-35-30/h30H,2-29H2,1H3. The second-order valence-corrected chi connectivity index (χ2v) is 11.1. The summed E-state index contributed by atoms with van der Waals surface area (Å²) >= 11 is 0. The fourth-order valence-corrected chi connectivity index (χ4v) is 5.01. The molecule has 5 heteroatoms. The summed E-state index contributed by atoms with van der Waals surface area (Å²) < 4.78 is 16.1. The third kappa shape index (κ3) is 23.7. The molecule has 0 saturated carbocycles. The van der Waals surface area contributed by atoms with Crippen LogP contribution in [0.5, 0.6) is 0 Å². The molecule has 0 spiro atoms. The molecule has 0 amide bonds. The Balaban J connectivity index is 1.71. The van der Waals surface area contributed by atoms with Gasteiger partial charge in [-0.3, -0.25) is 9.59 Å². The first kappa shape index (κ1) is 33.9. The summed E-state index contributed by atoms with van der Waals surface area (Å²) in [5.41, 5.74) is 0. The van der Waals surface area contributed by atoms with Gasteiger partial charge in [0.05, 0.1) is 12.7 Å². The van der Waals surface area contributed by atoms with Crippen LogP contribution in [0.4, 0.5) is 0 Å². The minimum atomic E-state index is -0.104. The summed E-state index contributed by atoms with van der Waals surface area (Å²) in [4.78, 5) is 23.6. The highest BCUT2D eigenvalue weighted by Gasteiger charge is 2.17. The fourth-order valence-electron chi connectivity index (χ4n) is 5.01. The predicted octanol–water partition coefficient (Wildman–Crippen LogP) is 9.24. The van der Waals surface area contributed by atoms with E-state index in [4.69, 9.17) is 14.2 Å². The van der Waals surface area contributed by atoms with Gasteiger partial charge in [-0.2, -0.15) is 0 Å². The van der Waals surface area contributed by atoms with Gasteiger partial charge in [-0.25, -0.2) is 0 Å². The lowest BCUT2D eigenvalue weighted by Crippen LogP contribution is -2.17. The molecule has 218 valence electrons. The molecule has 1 aliphatic heterocycles. The van der Waals surface area contributed by atoms with Gasteiger partial charge in [0.2, 0.25) is 0 Å². The Morgan fingerprint density at radius 2 is 1.03 bits per heavy atom. The Kier molecular flexibility index (Phi) is 24.3. The normalized spacial score (nSPS) is 15.2. The number of rotatable bonds is 27. The second kappa shape index (κ2) is 26.5. The molecule has 1 unspecified atom stereocenters. The zero-order valence-electron chi connectivity index (χ0n) is 24.4. The van der Waals surface area contributed by atoms with Crippen molar-refractivity contribution in [3.05, 3.63) is 0 Å². The number of unbranched alkanes of at least 4 members (excludes halogenated alkanes) is 19. The van der Waals surface area contributed by atoms with Crippen LogP contribution in [0.1, 0.15) is 167 Å². The van der Waals surface area contributed by atoms with Crippen LogP contribution >= 0.6 is 0 Å². The number of hydrogen-bond donors (Lipinski definition) is 0. The molecule has 0 N–H and O–H groups in total. The van der Waals surface area contributed by atoms with Gasteiger partial charge in [-0.1, -0.05) is 122 Å². The summed E-state index contributed by atoms with van der Waals surface area (Å²) in [6.45, 7) is 4.06. The van der Waals surface area contributed by atoms with E-state index in [1.165, 1.54) is 89.9 Å². The fraction of sp³-hybridized carbons (Fsp3) is 0.938. The van der Waals surface area contributed by atoms with E-state index in [-0.39, 0.29) is 18.0 Å². The average Bonchev–Trinajstić information content (AvgIpc) is 3.42. The van der Waals surface area contributed by atoms with Gasteiger partial charge < -0.3 is 14.2 Å². The van der Waals surface area contributed by atoms with Crippen LogP contribution in [0.15, 0.2) is 0 Å². The minimum absolute atomic E-state index is 0.0423. The summed E-state index contributed by atoms with van der Waals surface area (Å²) in [5.74, 6) is -0.147. The highest BCUT2D eigenvalue weighted by Crippen LogP contribution is 2.15. The number of esters is 2. The third-order valence-electron chi connectivity index (χ3n) is 7.48. The first-order chi connectivity index (χ1) is 18.2. The van der Waals surface area contributed by atoms with Crippen LogP contribution < -0.4 is 0 Å². The summed E-state index contributed by atoms with van der Waals surface area (Å²) in [7, 11) is 0. The van der Waals surface area contributed by atoms with Crippen LogP contribution in [0.2, 0.25) is 0 Å². The van der Waals surface area contributed by atoms with Gasteiger partial charge in [0.1, 0.15) is 6.61 Å². The van der Waals surface area contributed by atoms with Crippen LogP contribution in [0.3, 0.4) is 0 Å². The Hall–Kier alpha value is -1.10. The Morgan fingerprint density at radius 1 is 0.595 bits per heavy atom. The van der Waals surface area contributed by atoms with Crippen molar-refractivity contribution in [2.75, 3.05) is 19.8 Å². The first-order valence-electron chi connectivity index (χ1n) is 16.1. The van der Waals surface area contributed by atoms with Crippen molar-refractivity contribution >= 4 is 11.9 Å².